The first-order valence-corrected chi connectivity index (χ1v) is 18.0. The van der Waals surface area contributed by atoms with E-state index in [1.165, 1.54) is 0 Å². The molecule has 38 heavy (non-hydrogen) atoms. The van der Waals surface area contributed by atoms with Gasteiger partial charge in [-0.05, 0) is 53.7 Å². The third-order valence-corrected chi connectivity index (χ3v) is 15.8. The highest BCUT2D eigenvalue weighted by atomic mass is 31.2. The molecule has 0 bridgehead atoms. The molecule has 0 aliphatic carbocycles. The first-order chi connectivity index (χ1) is 18.0. The lowest BCUT2D eigenvalue weighted by molar-refractivity contribution is -0.145. The monoisotopic (exact) mass is 548 g/mol. The SMILES string of the molecule is CCOC(=O)C[C@@H](CC(=O)C=P(c1ccccc1)(c1ccccc1)c1ccccc1)O[Si](C)(C)C(C)(C)C. The van der Waals surface area contributed by atoms with E-state index in [2.05, 4.69) is 70.3 Å². The number of ketones is 1. The Kier molecular flexibility index (Phi) is 10.1. The van der Waals surface area contributed by atoms with Gasteiger partial charge in [-0.2, -0.15) is 0 Å². The highest BCUT2D eigenvalue weighted by molar-refractivity contribution is 7.95. The molecule has 0 fully saturated rings. The molecule has 0 aliphatic rings. The molecular weight excluding hydrogens is 507 g/mol. The van der Waals surface area contributed by atoms with Gasteiger partial charge in [0.25, 0.3) is 0 Å². The van der Waals surface area contributed by atoms with Gasteiger partial charge in [-0.15, -0.1) is 0 Å². The fourth-order valence-electron chi connectivity index (χ4n) is 4.31. The lowest BCUT2D eigenvalue weighted by atomic mass is 10.1. The van der Waals surface area contributed by atoms with E-state index in [-0.39, 0.29) is 29.6 Å². The molecule has 0 aromatic heterocycles. The van der Waals surface area contributed by atoms with E-state index in [1.807, 2.05) is 60.4 Å². The maximum absolute atomic E-state index is 14.0. The van der Waals surface area contributed by atoms with Crippen LogP contribution in [0, 0.1) is 0 Å². The van der Waals surface area contributed by atoms with Crippen LogP contribution < -0.4 is 15.9 Å². The van der Waals surface area contributed by atoms with Gasteiger partial charge in [0.15, 0.2) is 14.1 Å². The molecule has 4 nitrogen and oxygen atoms in total. The van der Waals surface area contributed by atoms with Gasteiger partial charge in [0.1, 0.15) is 0 Å². The van der Waals surface area contributed by atoms with Crippen LogP contribution in [0.4, 0.5) is 0 Å². The van der Waals surface area contributed by atoms with Crippen molar-refractivity contribution in [1.29, 1.82) is 0 Å². The smallest absolute Gasteiger partial charge is 0.308 e. The van der Waals surface area contributed by atoms with Gasteiger partial charge in [-0.3, -0.25) is 9.59 Å². The van der Waals surface area contributed by atoms with Crippen LogP contribution in [0.15, 0.2) is 91.0 Å². The summed E-state index contributed by atoms with van der Waals surface area (Å²) in [7, 11) is -2.24. The summed E-state index contributed by atoms with van der Waals surface area (Å²) < 4.78 is 11.9. The maximum Gasteiger partial charge on any atom is 0.308 e. The molecule has 0 unspecified atom stereocenters. The summed E-state index contributed by atoms with van der Waals surface area (Å²) in [6.45, 7) is 10.4. The summed E-state index contributed by atoms with van der Waals surface area (Å²) >= 11 is 0. The summed E-state index contributed by atoms with van der Waals surface area (Å²) in [6.07, 6.45) is -0.352. The average Bonchev–Trinajstić information content (AvgIpc) is 2.88. The summed E-state index contributed by atoms with van der Waals surface area (Å²) in [6, 6.07) is 30.8. The van der Waals surface area contributed by atoms with Gasteiger partial charge in [0.2, 0.25) is 0 Å². The Bertz CT molecular complexity index is 1150. The normalized spacial score (nSPS) is 13.0. The second kappa shape index (κ2) is 12.9. The molecule has 3 aromatic carbocycles. The number of hydrogen-bond acceptors (Lipinski definition) is 4. The van der Waals surface area contributed by atoms with Crippen LogP contribution in [0.5, 0.6) is 0 Å². The van der Waals surface area contributed by atoms with Crippen molar-refractivity contribution >= 4 is 48.7 Å². The second-order valence-corrected chi connectivity index (χ2v) is 19.0. The quantitative estimate of drug-likeness (QED) is 0.165. The molecule has 0 saturated carbocycles. The largest absolute Gasteiger partial charge is 0.466 e. The molecule has 0 amide bonds. The number of benzene rings is 3. The lowest BCUT2D eigenvalue weighted by Crippen LogP contribution is -2.45. The first-order valence-electron chi connectivity index (χ1n) is 13.3. The summed E-state index contributed by atoms with van der Waals surface area (Å²) in [5.41, 5.74) is 0. The fourth-order valence-corrected chi connectivity index (χ4v) is 9.47. The zero-order chi connectivity index (χ0) is 27.8. The molecule has 0 radical (unpaired) electrons. The van der Waals surface area contributed by atoms with Crippen molar-refractivity contribution < 1.29 is 18.8 Å². The van der Waals surface area contributed by atoms with Crippen molar-refractivity contribution in [2.75, 3.05) is 6.61 Å². The molecule has 3 aromatic rings. The van der Waals surface area contributed by atoms with Crippen molar-refractivity contribution in [2.24, 2.45) is 0 Å². The van der Waals surface area contributed by atoms with Gasteiger partial charge in [-0.1, -0.05) is 112 Å². The number of carbonyl (C=O) groups excluding carboxylic acids is 2. The van der Waals surface area contributed by atoms with Crippen LogP contribution in [-0.2, 0) is 18.8 Å². The topological polar surface area (TPSA) is 52.6 Å². The zero-order valence-electron chi connectivity index (χ0n) is 23.5. The lowest BCUT2D eigenvalue weighted by Gasteiger charge is -2.39. The van der Waals surface area contributed by atoms with Gasteiger partial charge in [-0.25, -0.2) is 0 Å². The zero-order valence-corrected chi connectivity index (χ0v) is 25.4. The van der Waals surface area contributed by atoms with Crippen molar-refractivity contribution in [3.05, 3.63) is 91.0 Å². The Morgan fingerprint density at radius 3 is 1.58 bits per heavy atom. The third kappa shape index (κ3) is 7.22. The minimum absolute atomic E-state index is 0.0251. The highest BCUT2D eigenvalue weighted by Gasteiger charge is 2.40. The third-order valence-electron chi connectivity index (χ3n) is 7.22. The molecule has 202 valence electrons. The minimum atomic E-state index is -2.43. The van der Waals surface area contributed by atoms with Crippen molar-refractivity contribution in [3.8, 4) is 0 Å². The number of carbonyl (C=O) groups is 2. The van der Waals surface area contributed by atoms with Crippen molar-refractivity contribution in [2.45, 2.75) is 64.8 Å². The minimum Gasteiger partial charge on any atom is -0.466 e. The van der Waals surface area contributed by atoms with Gasteiger partial charge in [0, 0.05) is 6.42 Å². The van der Waals surface area contributed by atoms with Gasteiger partial charge >= 0.3 is 5.97 Å². The summed E-state index contributed by atoms with van der Waals surface area (Å²) in [5, 5.41) is 3.27. The predicted molar refractivity (Wildman–Crippen MR) is 164 cm³/mol. The molecule has 0 saturated heterocycles. The second-order valence-electron chi connectivity index (χ2n) is 11.0. The van der Waals surface area contributed by atoms with Crippen LogP contribution in [0.2, 0.25) is 18.1 Å². The Hall–Kier alpha value is -2.72. The summed E-state index contributed by atoms with van der Waals surface area (Å²) in [5.74, 6) is 1.57. The van der Waals surface area contributed by atoms with Crippen LogP contribution in [-0.4, -0.2) is 38.6 Å². The van der Waals surface area contributed by atoms with Crippen molar-refractivity contribution in [1.82, 2.24) is 0 Å². The van der Waals surface area contributed by atoms with Crippen LogP contribution in [0.25, 0.3) is 0 Å². The number of Topliss-reactive ketones (excluding diaryl/α,β-unsaturated/α-hetero) is 1. The van der Waals surface area contributed by atoms with Crippen LogP contribution in [0.3, 0.4) is 0 Å². The van der Waals surface area contributed by atoms with E-state index in [0.29, 0.717) is 6.61 Å². The summed E-state index contributed by atoms with van der Waals surface area (Å²) in [4.78, 5) is 26.5. The fraction of sp³-hybridized carbons (Fsp3) is 0.344. The first kappa shape index (κ1) is 29.8. The Morgan fingerprint density at radius 1 is 0.789 bits per heavy atom. The number of ether oxygens (including phenoxy) is 1. The number of rotatable bonds is 11. The van der Waals surface area contributed by atoms with Crippen LogP contribution in [0.1, 0.15) is 40.5 Å². The molecule has 6 heteroatoms. The molecule has 1 atom stereocenters. The number of hydrogen-bond donors (Lipinski definition) is 0. The molecule has 3 rings (SSSR count). The molecule has 0 aliphatic heterocycles. The van der Waals surface area contributed by atoms with Gasteiger partial charge < -0.3 is 9.16 Å². The van der Waals surface area contributed by atoms with E-state index in [1.54, 1.807) is 6.92 Å². The van der Waals surface area contributed by atoms with Crippen molar-refractivity contribution in [3.63, 3.8) is 0 Å². The standard InChI is InChI=1S/C32H41O4PSi/c1-7-35-31(34)24-27(36-38(5,6)32(2,3)4)23-26(33)25-37(28-17-11-8-12-18-28,29-19-13-9-14-20-29)30-21-15-10-16-22-30/h8-22,25,27H,7,23-24H2,1-6H3/t27-/m1/s1. The van der Waals surface area contributed by atoms with E-state index in [9.17, 15) is 9.59 Å². The number of esters is 1. The van der Waals surface area contributed by atoms with E-state index >= 15 is 0 Å². The molecular formula is C32H41O4PSi. The Balaban J connectivity index is 2.14. The average molecular weight is 549 g/mol. The molecule has 0 N–H and O–H groups in total. The maximum atomic E-state index is 14.0. The Labute approximate surface area is 229 Å². The Morgan fingerprint density at radius 2 is 1.21 bits per heavy atom. The van der Waals surface area contributed by atoms with Gasteiger partial charge in [0.05, 0.1) is 19.1 Å². The van der Waals surface area contributed by atoms with E-state index in [0.717, 1.165) is 15.9 Å². The molecule has 0 spiro atoms. The molecule has 0 heterocycles. The van der Waals surface area contributed by atoms with E-state index in [4.69, 9.17) is 9.16 Å². The highest BCUT2D eigenvalue weighted by Crippen LogP contribution is 2.44. The predicted octanol–water partition coefficient (Wildman–Crippen LogP) is 6.09. The van der Waals surface area contributed by atoms with Crippen LogP contribution >= 0.6 is 6.89 Å². The van der Waals surface area contributed by atoms with E-state index < -0.39 is 21.3 Å².